The smallest absolute Gasteiger partial charge is 0.366 e. The summed E-state index contributed by atoms with van der Waals surface area (Å²) >= 11 is 0. The second-order valence-electron chi connectivity index (χ2n) is 1.67. The van der Waals surface area contributed by atoms with Crippen molar-refractivity contribution < 1.29 is 28.9 Å². The van der Waals surface area contributed by atoms with Gasteiger partial charge in [0.05, 0.1) is 6.61 Å². The summed E-state index contributed by atoms with van der Waals surface area (Å²) in [6.07, 6.45) is -0.951. The highest BCUT2D eigenvalue weighted by Gasteiger charge is 2.24. The van der Waals surface area contributed by atoms with Crippen molar-refractivity contribution in [3.8, 4) is 0 Å². The Morgan fingerprint density at radius 1 is 1.64 bits per heavy atom. The van der Waals surface area contributed by atoms with E-state index in [0.29, 0.717) is 0 Å². The van der Waals surface area contributed by atoms with Crippen LogP contribution in [-0.4, -0.2) is 28.7 Å². The number of hydrogen-bond acceptors (Lipinski definition) is 4. The van der Waals surface area contributed by atoms with Crippen LogP contribution in [0.15, 0.2) is 0 Å². The predicted octanol–water partition coefficient (Wildman–Crippen LogP) is 0.225. The van der Waals surface area contributed by atoms with Gasteiger partial charge in [-0.2, -0.15) is 0 Å². The van der Waals surface area contributed by atoms with Crippen LogP contribution in [0.25, 0.3) is 0 Å². The SMILES string of the molecule is CCOOP(=O)(O)CC(=O)O. The minimum absolute atomic E-state index is 0.0875. The molecular formula is C4H9O6P. The topological polar surface area (TPSA) is 93.1 Å². The quantitative estimate of drug-likeness (QED) is 0.360. The molecule has 0 radical (unpaired) electrons. The average Bonchev–Trinajstić information content (AvgIpc) is 1.81. The lowest BCUT2D eigenvalue weighted by atomic mass is 10.8. The van der Waals surface area contributed by atoms with Gasteiger partial charge in [0, 0.05) is 0 Å². The van der Waals surface area contributed by atoms with Gasteiger partial charge in [-0.1, -0.05) is 0 Å². The summed E-state index contributed by atoms with van der Waals surface area (Å²) in [5.74, 6) is -1.41. The highest BCUT2D eigenvalue weighted by molar-refractivity contribution is 7.53. The maximum atomic E-state index is 10.6. The van der Waals surface area contributed by atoms with Gasteiger partial charge in [0.2, 0.25) is 0 Å². The predicted molar refractivity (Wildman–Crippen MR) is 35.0 cm³/mol. The molecule has 0 fully saturated rings. The molecule has 1 atom stereocenters. The van der Waals surface area contributed by atoms with Crippen LogP contribution >= 0.6 is 7.60 Å². The Hall–Kier alpha value is -0.420. The average molecular weight is 184 g/mol. The van der Waals surface area contributed by atoms with E-state index in [9.17, 15) is 9.36 Å². The Morgan fingerprint density at radius 2 is 2.18 bits per heavy atom. The van der Waals surface area contributed by atoms with Gasteiger partial charge in [0.15, 0.2) is 0 Å². The van der Waals surface area contributed by atoms with Crippen LogP contribution < -0.4 is 0 Å². The Bertz CT molecular complexity index is 177. The van der Waals surface area contributed by atoms with E-state index in [0.717, 1.165) is 0 Å². The Labute approximate surface area is 63.2 Å². The van der Waals surface area contributed by atoms with Gasteiger partial charge in [0.25, 0.3) is 0 Å². The van der Waals surface area contributed by atoms with Crippen molar-refractivity contribution >= 4 is 13.6 Å². The maximum absolute atomic E-state index is 10.6. The van der Waals surface area contributed by atoms with E-state index in [1.165, 1.54) is 0 Å². The van der Waals surface area contributed by atoms with Crippen LogP contribution in [0.2, 0.25) is 0 Å². The van der Waals surface area contributed by atoms with Crippen molar-refractivity contribution in [1.82, 2.24) is 0 Å². The molecule has 0 saturated heterocycles. The zero-order chi connectivity index (χ0) is 8.91. The van der Waals surface area contributed by atoms with E-state index < -0.39 is 19.7 Å². The fraction of sp³-hybridized carbons (Fsp3) is 0.750. The number of hydrogen-bond donors (Lipinski definition) is 2. The molecule has 0 rings (SSSR count). The molecule has 0 aliphatic rings. The molecule has 0 spiro atoms. The molecule has 6 nitrogen and oxygen atoms in total. The number of carboxylic acids is 1. The lowest BCUT2D eigenvalue weighted by Crippen LogP contribution is -2.05. The summed E-state index contributed by atoms with van der Waals surface area (Å²) in [5, 5.41) is 8.08. The molecule has 66 valence electrons. The number of aliphatic carboxylic acids is 1. The monoisotopic (exact) mass is 184 g/mol. The van der Waals surface area contributed by atoms with E-state index >= 15 is 0 Å². The van der Waals surface area contributed by atoms with E-state index in [1.807, 2.05) is 0 Å². The molecular weight excluding hydrogens is 175 g/mol. The lowest BCUT2D eigenvalue weighted by Gasteiger charge is -2.06. The highest BCUT2D eigenvalue weighted by Crippen LogP contribution is 2.41. The molecule has 11 heavy (non-hydrogen) atoms. The van der Waals surface area contributed by atoms with Crippen molar-refractivity contribution in [3.05, 3.63) is 0 Å². The van der Waals surface area contributed by atoms with Crippen LogP contribution in [-0.2, 0) is 18.9 Å². The van der Waals surface area contributed by atoms with Gasteiger partial charge >= 0.3 is 13.6 Å². The zero-order valence-corrected chi connectivity index (χ0v) is 6.78. The molecule has 0 aliphatic carbocycles. The minimum atomic E-state index is -4.09. The molecule has 0 aromatic carbocycles. The van der Waals surface area contributed by atoms with Gasteiger partial charge in [-0.05, 0) is 6.92 Å². The van der Waals surface area contributed by atoms with E-state index in [1.54, 1.807) is 6.92 Å². The number of rotatable bonds is 5. The Morgan fingerprint density at radius 3 is 2.55 bits per heavy atom. The maximum Gasteiger partial charge on any atom is 0.366 e. The molecule has 0 heterocycles. The molecule has 0 aliphatic heterocycles. The highest BCUT2D eigenvalue weighted by atomic mass is 31.2. The Balaban J connectivity index is 3.80. The first-order chi connectivity index (χ1) is 4.98. The van der Waals surface area contributed by atoms with Crippen molar-refractivity contribution in [1.29, 1.82) is 0 Å². The molecule has 0 amide bonds. The van der Waals surface area contributed by atoms with Gasteiger partial charge in [-0.25, -0.2) is 4.89 Å². The van der Waals surface area contributed by atoms with Gasteiger partial charge in [-0.3, -0.25) is 9.36 Å². The molecule has 7 heteroatoms. The van der Waals surface area contributed by atoms with Gasteiger partial charge in [-0.15, -0.1) is 4.67 Å². The van der Waals surface area contributed by atoms with Crippen molar-refractivity contribution in [3.63, 3.8) is 0 Å². The van der Waals surface area contributed by atoms with E-state index in [-0.39, 0.29) is 6.61 Å². The molecule has 0 aromatic rings. The summed E-state index contributed by atoms with van der Waals surface area (Å²) in [7, 11) is -4.09. The summed E-state index contributed by atoms with van der Waals surface area (Å²) in [4.78, 5) is 22.7. The van der Waals surface area contributed by atoms with Gasteiger partial charge < -0.3 is 10.00 Å². The summed E-state index contributed by atoms with van der Waals surface area (Å²) in [6.45, 7) is 1.63. The summed E-state index contributed by atoms with van der Waals surface area (Å²) < 4.78 is 14.5. The van der Waals surface area contributed by atoms with Crippen molar-refractivity contribution in [2.24, 2.45) is 0 Å². The Kier molecular flexibility index (Phi) is 4.29. The molecule has 2 N–H and O–H groups in total. The third-order valence-corrected chi connectivity index (χ3v) is 1.63. The number of carboxylic acid groups (broad SMARTS) is 1. The largest absolute Gasteiger partial charge is 0.481 e. The fourth-order valence-corrected chi connectivity index (χ4v) is 0.997. The second-order valence-corrected chi connectivity index (χ2v) is 3.41. The third kappa shape index (κ3) is 6.00. The van der Waals surface area contributed by atoms with E-state index in [4.69, 9.17) is 10.00 Å². The fourth-order valence-electron chi connectivity index (χ4n) is 0.332. The van der Waals surface area contributed by atoms with Crippen molar-refractivity contribution in [2.45, 2.75) is 6.92 Å². The van der Waals surface area contributed by atoms with Crippen LogP contribution in [0.4, 0.5) is 0 Å². The molecule has 1 unspecified atom stereocenters. The normalized spacial score (nSPS) is 15.8. The second kappa shape index (κ2) is 4.46. The van der Waals surface area contributed by atoms with Crippen LogP contribution in [0, 0.1) is 0 Å². The van der Waals surface area contributed by atoms with Crippen LogP contribution in [0.3, 0.4) is 0 Å². The minimum Gasteiger partial charge on any atom is -0.481 e. The molecule has 0 aromatic heterocycles. The molecule has 0 bridgehead atoms. The zero-order valence-electron chi connectivity index (χ0n) is 5.89. The molecule has 0 saturated carbocycles. The van der Waals surface area contributed by atoms with E-state index in [2.05, 4.69) is 9.56 Å². The summed E-state index contributed by atoms with van der Waals surface area (Å²) in [5.41, 5.74) is 0. The van der Waals surface area contributed by atoms with Crippen molar-refractivity contribution in [2.75, 3.05) is 12.8 Å². The first-order valence-electron chi connectivity index (χ1n) is 2.83. The van der Waals surface area contributed by atoms with Gasteiger partial charge in [0.1, 0.15) is 6.16 Å². The number of carbonyl (C=O) groups is 1. The van der Waals surface area contributed by atoms with Crippen LogP contribution in [0.5, 0.6) is 0 Å². The third-order valence-electron chi connectivity index (χ3n) is 0.622. The first-order valence-corrected chi connectivity index (χ1v) is 4.59. The lowest BCUT2D eigenvalue weighted by molar-refractivity contribution is -0.208. The summed E-state index contributed by atoms with van der Waals surface area (Å²) in [6, 6.07) is 0. The standard InChI is InChI=1S/C4H9O6P/c1-2-9-10-11(7,8)3-4(5)6/h2-3H2,1H3,(H,5,6)(H,7,8). The van der Waals surface area contributed by atoms with Crippen LogP contribution in [0.1, 0.15) is 6.92 Å². The first kappa shape index (κ1) is 10.6.